The molecule has 1 aliphatic heterocycles. The van der Waals surface area contributed by atoms with E-state index in [0.29, 0.717) is 11.4 Å². The number of anilines is 1. The van der Waals surface area contributed by atoms with Crippen molar-refractivity contribution in [1.29, 1.82) is 0 Å². The van der Waals surface area contributed by atoms with Gasteiger partial charge in [-0.3, -0.25) is 4.79 Å². The van der Waals surface area contributed by atoms with Crippen molar-refractivity contribution >= 4 is 27.5 Å². The zero-order valence-electron chi connectivity index (χ0n) is 13.4. The molecule has 2 aromatic carbocycles. The molecule has 1 heterocycles. The van der Waals surface area contributed by atoms with Gasteiger partial charge in [-0.05, 0) is 24.3 Å². The maximum atomic E-state index is 12.5. The van der Waals surface area contributed by atoms with Crippen LogP contribution in [-0.4, -0.2) is 45.7 Å². The molecule has 0 spiro atoms. The summed E-state index contributed by atoms with van der Waals surface area (Å²) in [6, 6.07) is 15.9. The second-order valence-electron chi connectivity index (χ2n) is 5.53. The lowest BCUT2D eigenvalue weighted by atomic mass is 10.2. The summed E-state index contributed by atoms with van der Waals surface area (Å²) in [5.41, 5.74) is 1.30. The summed E-state index contributed by atoms with van der Waals surface area (Å²) in [5.74, 6) is 0.133. The maximum absolute atomic E-state index is 12.5. The first-order valence-electron chi connectivity index (χ1n) is 7.37. The van der Waals surface area contributed by atoms with Gasteiger partial charge in [-0.1, -0.05) is 30.3 Å². The number of amidine groups is 1. The molecular formula is C17H17N3O3S. The highest BCUT2D eigenvalue weighted by atomic mass is 32.2. The Labute approximate surface area is 141 Å². The van der Waals surface area contributed by atoms with E-state index in [1.54, 1.807) is 37.2 Å². The normalized spacial score (nSPS) is 14.7. The highest BCUT2D eigenvalue weighted by molar-refractivity contribution is 7.90. The van der Waals surface area contributed by atoms with Crippen LogP contribution in [0.25, 0.3) is 0 Å². The van der Waals surface area contributed by atoms with Gasteiger partial charge in [-0.2, -0.15) is 8.42 Å². The van der Waals surface area contributed by atoms with E-state index in [2.05, 4.69) is 4.40 Å². The van der Waals surface area contributed by atoms with Gasteiger partial charge in [0.2, 0.25) is 5.91 Å². The molecule has 3 rings (SSSR count). The van der Waals surface area contributed by atoms with E-state index >= 15 is 0 Å². The SMILES string of the molecule is CN(CC(=O)N(C)c1ccccc1)C1=NS(=O)(=O)c2ccccc21. The van der Waals surface area contributed by atoms with Crippen molar-refractivity contribution in [2.45, 2.75) is 4.90 Å². The number of benzene rings is 2. The van der Waals surface area contributed by atoms with Crippen LogP contribution in [-0.2, 0) is 14.8 Å². The molecule has 0 aromatic heterocycles. The minimum Gasteiger partial charge on any atom is -0.349 e. The number of carbonyl (C=O) groups is 1. The predicted octanol–water partition coefficient (Wildman–Crippen LogP) is 1.73. The van der Waals surface area contributed by atoms with Crippen molar-refractivity contribution in [3.8, 4) is 0 Å². The van der Waals surface area contributed by atoms with Crippen LogP contribution in [0.15, 0.2) is 63.9 Å². The van der Waals surface area contributed by atoms with E-state index in [0.717, 1.165) is 5.69 Å². The average molecular weight is 343 g/mol. The molecule has 2 aromatic rings. The van der Waals surface area contributed by atoms with Crippen molar-refractivity contribution < 1.29 is 13.2 Å². The van der Waals surface area contributed by atoms with Gasteiger partial charge in [-0.25, -0.2) is 0 Å². The molecule has 6 nitrogen and oxygen atoms in total. The molecular weight excluding hydrogens is 326 g/mol. The Kier molecular flexibility index (Phi) is 4.11. The van der Waals surface area contributed by atoms with Crippen molar-refractivity contribution in [1.82, 2.24) is 4.90 Å². The molecule has 1 amide bonds. The van der Waals surface area contributed by atoms with Crippen LogP contribution in [0.2, 0.25) is 0 Å². The Morgan fingerprint density at radius 1 is 1.00 bits per heavy atom. The Morgan fingerprint density at radius 3 is 2.33 bits per heavy atom. The van der Waals surface area contributed by atoms with E-state index in [1.165, 1.54) is 11.0 Å². The molecule has 7 heteroatoms. The standard InChI is InChI=1S/C17H17N3O3S/c1-19(12-16(21)20(2)13-8-4-3-5-9-13)17-14-10-6-7-11-15(14)24(22,23)18-17/h3-11H,12H2,1-2H3. The van der Waals surface area contributed by atoms with Crippen LogP contribution in [0, 0.1) is 0 Å². The highest BCUT2D eigenvalue weighted by Gasteiger charge is 2.31. The topological polar surface area (TPSA) is 70.1 Å². The van der Waals surface area contributed by atoms with Gasteiger partial charge < -0.3 is 9.80 Å². The minimum atomic E-state index is -3.69. The molecule has 0 fully saturated rings. The number of fused-ring (bicyclic) bond motifs is 1. The Balaban J connectivity index is 1.81. The van der Waals surface area contributed by atoms with Crippen LogP contribution >= 0.6 is 0 Å². The van der Waals surface area contributed by atoms with Crippen LogP contribution in [0.1, 0.15) is 5.56 Å². The monoisotopic (exact) mass is 343 g/mol. The molecule has 0 unspecified atom stereocenters. The molecule has 0 saturated carbocycles. The molecule has 1 aliphatic rings. The fourth-order valence-corrected chi connectivity index (χ4v) is 3.79. The van der Waals surface area contributed by atoms with Gasteiger partial charge in [-0.15, -0.1) is 4.40 Å². The van der Waals surface area contributed by atoms with Gasteiger partial charge in [0.15, 0.2) is 5.84 Å². The Hall–Kier alpha value is -2.67. The summed E-state index contributed by atoms with van der Waals surface area (Å²) in [6.07, 6.45) is 0. The number of sulfonamides is 1. The third-order valence-corrected chi connectivity index (χ3v) is 5.19. The lowest BCUT2D eigenvalue weighted by Gasteiger charge is -2.23. The first-order valence-corrected chi connectivity index (χ1v) is 8.81. The zero-order valence-corrected chi connectivity index (χ0v) is 14.2. The van der Waals surface area contributed by atoms with Crippen LogP contribution in [0.3, 0.4) is 0 Å². The molecule has 0 N–H and O–H groups in total. The van der Waals surface area contributed by atoms with Gasteiger partial charge in [0.05, 0.1) is 6.54 Å². The quantitative estimate of drug-likeness (QED) is 0.851. The number of rotatable bonds is 3. The third-order valence-electron chi connectivity index (χ3n) is 3.86. The molecule has 0 aliphatic carbocycles. The molecule has 0 bridgehead atoms. The fraction of sp³-hybridized carbons (Fsp3) is 0.176. The summed E-state index contributed by atoms with van der Waals surface area (Å²) in [6.45, 7) is 0.0219. The lowest BCUT2D eigenvalue weighted by molar-refractivity contribution is -0.118. The second kappa shape index (κ2) is 6.09. The maximum Gasteiger partial charge on any atom is 0.285 e. The molecule has 0 saturated heterocycles. The van der Waals surface area contributed by atoms with E-state index in [-0.39, 0.29) is 17.3 Å². The number of hydrogen-bond donors (Lipinski definition) is 0. The minimum absolute atomic E-state index is 0.0219. The number of likely N-dealkylation sites (N-methyl/N-ethyl adjacent to an activating group) is 2. The number of para-hydroxylation sites is 1. The smallest absolute Gasteiger partial charge is 0.285 e. The second-order valence-corrected chi connectivity index (χ2v) is 7.10. The van der Waals surface area contributed by atoms with E-state index in [4.69, 9.17) is 0 Å². The molecule has 24 heavy (non-hydrogen) atoms. The van der Waals surface area contributed by atoms with Crippen LogP contribution < -0.4 is 4.90 Å². The van der Waals surface area contributed by atoms with Gasteiger partial charge in [0.25, 0.3) is 10.0 Å². The lowest BCUT2D eigenvalue weighted by Crippen LogP contribution is -2.39. The van der Waals surface area contributed by atoms with Gasteiger partial charge in [0.1, 0.15) is 4.90 Å². The Morgan fingerprint density at radius 2 is 1.62 bits per heavy atom. The van der Waals surface area contributed by atoms with Crippen LogP contribution in [0.5, 0.6) is 0 Å². The van der Waals surface area contributed by atoms with E-state index in [9.17, 15) is 13.2 Å². The van der Waals surface area contributed by atoms with Crippen molar-refractivity contribution in [2.75, 3.05) is 25.5 Å². The average Bonchev–Trinajstić information content (AvgIpc) is 2.87. The summed E-state index contributed by atoms with van der Waals surface area (Å²) >= 11 is 0. The first kappa shape index (κ1) is 16.2. The van der Waals surface area contributed by atoms with Gasteiger partial charge >= 0.3 is 0 Å². The zero-order chi connectivity index (χ0) is 17.3. The molecule has 124 valence electrons. The first-order chi connectivity index (χ1) is 11.4. The summed E-state index contributed by atoms with van der Waals surface area (Å²) in [7, 11) is -0.340. The molecule has 0 radical (unpaired) electrons. The van der Waals surface area contributed by atoms with Crippen molar-refractivity contribution in [3.63, 3.8) is 0 Å². The van der Waals surface area contributed by atoms with E-state index in [1.807, 2.05) is 30.3 Å². The third kappa shape index (κ3) is 2.90. The van der Waals surface area contributed by atoms with Crippen molar-refractivity contribution in [2.24, 2.45) is 4.40 Å². The van der Waals surface area contributed by atoms with E-state index < -0.39 is 10.0 Å². The van der Waals surface area contributed by atoms with Crippen molar-refractivity contribution in [3.05, 3.63) is 60.2 Å². The Bertz CT molecular complexity index is 908. The number of amides is 1. The number of carbonyl (C=O) groups excluding carboxylic acids is 1. The molecule has 0 atom stereocenters. The highest BCUT2D eigenvalue weighted by Crippen LogP contribution is 2.27. The fourth-order valence-electron chi connectivity index (χ4n) is 2.54. The summed E-state index contributed by atoms with van der Waals surface area (Å²) in [4.78, 5) is 15.7. The summed E-state index contributed by atoms with van der Waals surface area (Å²) < 4.78 is 28.0. The van der Waals surface area contributed by atoms with Gasteiger partial charge in [0, 0.05) is 25.3 Å². The van der Waals surface area contributed by atoms with Crippen LogP contribution in [0.4, 0.5) is 5.69 Å². The largest absolute Gasteiger partial charge is 0.349 e. The number of nitrogens with zero attached hydrogens (tertiary/aromatic N) is 3. The predicted molar refractivity (Wildman–Crippen MR) is 92.6 cm³/mol. The number of hydrogen-bond acceptors (Lipinski definition) is 4. The summed E-state index contributed by atoms with van der Waals surface area (Å²) in [5, 5.41) is 0.